The van der Waals surface area contributed by atoms with Gasteiger partial charge in [0, 0.05) is 24.7 Å². The highest BCUT2D eigenvalue weighted by atomic mass is 16.2. The lowest BCUT2D eigenvalue weighted by Crippen LogP contribution is -2.48. The second-order valence-corrected chi connectivity index (χ2v) is 8.36. The number of carbonyl (C=O) groups is 2. The Morgan fingerprint density at radius 1 is 0.800 bits per heavy atom. The van der Waals surface area contributed by atoms with Gasteiger partial charge in [-0.2, -0.15) is 0 Å². The molecule has 2 saturated heterocycles. The molecule has 0 unspecified atom stereocenters. The van der Waals surface area contributed by atoms with Crippen LogP contribution in [0.2, 0.25) is 0 Å². The molecule has 2 aromatic carbocycles. The first-order chi connectivity index (χ1) is 14.7. The molecule has 0 radical (unpaired) electrons. The number of hydrogen-bond acceptors (Lipinski definition) is 3. The number of piperidine rings is 2. The molecule has 2 amide bonds. The molecule has 0 spiro atoms. The summed E-state index contributed by atoms with van der Waals surface area (Å²) in [5.74, 6) is 0.288. The zero-order valence-corrected chi connectivity index (χ0v) is 17.5. The molecule has 4 rings (SSSR count). The van der Waals surface area contributed by atoms with Crippen molar-refractivity contribution in [1.82, 2.24) is 9.80 Å². The number of anilines is 1. The van der Waals surface area contributed by atoms with E-state index in [9.17, 15) is 9.59 Å². The van der Waals surface area contributed by atoms with Gasteiger partial charge in [-0.1, -0.05) is 48.5 Å². The van der Waals surface area contributed by atoms with E-state index in [1.807, 2.05) is 53.4 Å². The maximum atomic E-state index is 13.5. The van der Waals surface area contributed by atoms with Crippen LogP contribution in [0.3, 0.4) is 0 Å². The van der Waals surface area contributed by atoms with Crippen LogP contribution in [0, 0.1) is 5.92 Å². The van der Waals surface area contributed by atoms with Gasteiger partial charge in [0.05, 0.1) is 0 Å². The minimum atomic E-state index is -0.248. The first kappa shape index (κ1) is 20.6. The number of amides is 2. The molecule has 0 aliphatic carbocycles. The third-order valence-electron chi connectivity index (χ3n) is 6.32. The van der Waals surface area contributed by atoms with Crippen LogP contribution in [-0.2, 0) is 9.59 Å². The van der Waals surface area contributed by atoms with E-state index in [2.05, 4.69) is 22.3 Å². The quantitative estimate of drug-likeness (QED) is 0.815. The number of benzene rings is 2. The fourth-order valence-corrected chi connectivity index (χ4v) is 4.62. The summed E-state index contributed by atoms with van der Waals surface area (Å²) in [4.78, 5) is 30.5. The standard InChI is InChI=1S/C25H31N3O2/c29-24(26-22-12-6-2-7-13-22)21-14-18-27(19-15-21)23(20-10-4-1-5-11-20)25(30)28-16-8-3-9-17-28/h1-2,4-7,10-13,21,23H,3,8-9,14-19H2,(H,26,29)/t23-/m0/s1. The van der Waals surface area contributed by atoms with Crippen LogP contribution in [-0.4, -0.2) is 47.8 Å². The Hall–Kier alpha value is -2.66. The lowest BCUT2D eigenvalue weighted by molar-refractivity contribution is -0.139. The van der Waals surface area contributed by atoms with Crippen molar-refractivity contribution in [3.63, 3.8) is 0 Å². The number of carbonyl (C=O) groups excluding carboxylic acids is 2. The lowest BCUT2D eigenvalue weighted by Gasteiger charge is -2.39. The van der Waals surface area contributed by atoms with Gasteiger partial charge in [-0.25, -0.2) is 0 Å². The number of nitrogens with one attached hydrogen (secondary N) is 1. The van der Waals surface area contributed by atoms with E-state index in [0.717, 1.165) is 63.1 Å². The van der Waals surface area contributed by atoms with E-state index in [-0.39, 0.29) is 23.8 Å². The molecule has 0 aromatic heterocycles. The predicted molar refractivity (Wildman–Crippen MR) is 119 cm³/mol. The molecule has 0 bridgehead atoms. The Kier molecular flexibility index (Phi) is 6.80. The minimum Gasteiger partial charge on any atom is -0.341 e. The monoisotopic (exact) mass is 405 g/mol. The Bertz CT molecular complexity index is 826. The van der Waals surface area contributed by atoms with Gasteiger partial charge in [-0.15, -0.1) is 0 Å². The normalized spacial score (nSPS) is 19.3. The van der Waals surface area contributed by atoms with Crippen molar-refractivity contribution in [1.29, 1.82) is 0 Å². The summed E-state index contributed by atoms with van der Waals surface area (Å²) in [7, 11) is 0. The molecule has 1 N–H and O–H groups in total. The Morgan fingerprint density at radius 2 is 1.40 bits per heavy atom. The van der Waals surface area contributed by atoms with Crippen LogP contribution < -0.4 is 5.32 Å². The number of likely N-dealkylation sites (tertiary alicyclic amines) is 2. The molecule has 158 valence electrons. The molecule has 2 aromatic rings. The third kappa shape index (κ3) is 4.90. The second kappa shape index (κ2) is 9.90. The molecule has 30 heavy (non-hydrogen) atoms. The second-order valence-electron chi connectivity index (χ2n) is 8.36. The molecule has 2 fully saturated rings. The molecule has 2 heterocycles. The summed E-state index contributed by atoms with van der Waals surface area (Å²) >= 11 is 0. The van der Waals surface area contributed by atoms with Crippen molar-refractivity contribution in [2.75, 3.05) is 31.5 Å². The van der Waals surface area contributed by atoms with Crippen LogP contribution in [0.4, 0.5) is 5.69 Å². The predicted octanol–water partition coefficient (Wildman–Crippen LogP) is 4.09. The first-order valence-corrected chi connectivity index (χ1v) is 11.2. The Labute approximate surface area is 179 Å². The van der Waals surface area contributed by atoms with Crippen LogP contribution in [0.1, 0.15) is 43.7 Å². The van der Waals surface area contributed by atoms with Gasteiger partial charge in [0.15, 0.2) is 0 Å². The molecule has 5 nitrogen and oxygen atoms in total. The average molecular weight is 406 g/mol. The summed E-state index contributed by atoms with van der Waals surface area (Å²) in [6, 6.07) is 19.5. The molecule has 2 aliphatic heterocycles. The van der Waals surface area contributed by atoms with E-state index < -0.39 is 0 Å². The number of rotatable bonds is 5. The molecule has 1 atom stereocenters. The smallest absolute Gasteiger partial charge is 0.244 e. The number of para-hydroxylation sites is 1. The van der Waals surface area contributed by atoms with Crippen LogP contribution >= 0.6 is 0 Å². The first-order valence-electron chi connectivity index (χ1n) is 11.2. The zero-order valence-electron chi connectivity index (χ0n) is 17.5. The van der Waals surface area contributed by atoms with Gasteiger partial charge in [0.1, 0.15) is 6.04 Å². The highest BCUT2D eigenvalue weighted by molar-refractivity contribution is 5.92. The van der Waals surface area contributed by atoms with Crippen molar-refractivity contribution >= 4 is 17.5 Å². The van der Waals surface area contributed by atoms with E-state index in [4.69, 9.17) is 0 Å². The summed E-state index contributed by atoms with van der Waals surface area (Å²) in [6.07, 6.45) is 4.94. The van der Waals surface area contributed by atoms with Crippen molar-refractivity contribution in [2.24, 2.45) is 5.92 Å². The van der Waals surface area contributed by atoms with Crippen molar-refractivity contribution in [3.8, 4) is 0 Å². The Balaban J connectivity index is 1.42. The van der Waals surface area contributed by atoms with Gasteiger partial charge < -0.3 is 10.2 Å². The summed E-state index contributed by atoms with van der Waals surface area (Å²) in [6.45, 7) is 3.23. The SMILES string of the molecule is O=C(Nc1ccccc1)C1CCN([C@H](C(=O)N2CCCCC2)c2ccccc2)CC1. The van der Waals surface area contributed by atoms with Crippen molar-refractivity contribution in [3.05, 3.63) is 66.2 Å². The van der Waals surface area contributed by atoms with Gasteiger partial charge in [-0.3, -0.25) is 14.5 Å². The Morgan fingerprint density at radius 3 is 2.03 bits per heavy atom. The van der Waals surface area contributed by atoms with Gasteiger partial charge in [-0.05, 0) is 62.9 Å². The molecular formula is C25H31N3O2. The van der Waals surface area contributed by atoms with Gasteiger partial charge in [0.2, 0.25) is 11.8 Å². The highest BCUT2D eigenvalue weighted by Crippen LogP contribution is 2.30. The molecule has 0 saturated carbocycles. The van der Waals surface area contributed by atoms with Crippen LogP contribution in [0.5, 0.6) is 0 Å². The average Bonchev–Trinajstić information content (AvgIpc) is 2.81. The maximum Gasteiger partial charge on any atom is 0.244 e. The highest BCUT2D eigenvalue weighted by Gasteiger charge is 2.35. The van der Waals surface area contributed by atoms with Crippen molar-refractivity contribution < 1.29 is 9.59 Å². The van der Waals surface area contributed by atoms with E-state index in [1.54, 1.807) is 0 Å². The maximum absolute atomic E-state index is 13.5. The van der Waals surface area contributed by atoms with E-state index in [1.165, 1.54) is 6.42 Å². The molecular weight excluding hydrogens is 374 g/mol. The topological polar surface area (TPSA) is 52.7 Å². The van der Waals surface area contributed by atoms with Crippen LogP contribution in [0.15, 0.2) is 60.7 Å². The van der Waals surface area contributed by atoms with Gasteiger partial charge >= 0.3 is 0 Å². The van der Waals surface area contributed by atoms with Crippen LogP contribution in [0.25, 0.3) is 0 Å². The number of hydrogen-bond donors (Lipinski definition) is 1. The summed E-state index contributed by atoms with van der Waals surface area (Å²) < 4.78 is 0. The van der Waals surface area contributed by atoms with Crippen molar-refractivity contribution in [2.45, 2.75) is 38.1 Å². The molecule has 2 aliphatic rings. The van der Waals surface area contributed by atoms with E-state index >= 15 is 0 Å². The summed E-state index contributed by atoms with van der Waals surface area (Å²) in [5, 5.41) is 3.03. The van der Waals surface area contributed by atoms with Gasteiger partial charge in [0.25, 0.3) is 0 Å². The minimum absolute atomic E-state index is 0.0111. The number of nitrogens with zero attached hydrogens (tertiary/aromatic N) is 2. The van der Waals surface area contributed by atoms with E-state index in [0.29, 0.717) is 0 Å². The molecule has 5 heteroatoms. The largest absolute Gasteiger partial charge is 0.341 e. The summed E-state index contributed by atoms with van der Waals surface area (Å²) in [5.41, 5.74) is 1.90. The fourth-order valence-electron chi connectivity index (χ4n) is 4.62. The zero-order chi connectivity index (χ0) is 20.8. The third-order valence-corrected chi connectivity index (χ3v) is 6.32. The fraction of sp³-hybridized carbons (Fsp3) is 0.440. The lowest BCUT2D eigenvalue weighted by atomic mass is 9.92.